The van der Waals surface area contributed by atoms with E-state index in [2.05, 4.69) is 10.3 Å². The number of H-pyrrole nitrogens is 1. The Morgan fingerprint density at radius 3 is 2.66 bits per heavy atom. The lowest BCUT2D eigenvalue weighted by Crippen LogP contribution is -2.48. The number of hydrogen-bond acceptors (Lipinski definition) is 2. The largest absolute Gasteiger partial charge is 0.361 e. The number of carbonyl (C=O) groups excluding carboxylic acids is 2. The molecule has 0 radical (unpaired) electrons. The molecule has 2 amide bonds. The van der Waals surface area contributed by atoms with Crippen molar-refractivity contribution in [3.05, 3.63) is 101 Å². The van der Waals surface area contributed by atoms with Crippen LogP contribution >= 0.6 is 11.6 Å². The van der Waals surface area contributed by atoms with E-state index in [4.69, 9.17) is 11.6 Å². The zero-order valence-corrected chi connectivity index (χ0v) is 18.1. The van der Waals surface area contributed by atoms with Crippen molar-refractivity contribution >= 4 is 40.0 Å². The molecule has 6 heteroatoms. The summed E-state index contributed by atoms with van der Waals surface area (Å²) >= 11 is 6.14. The van der Waals surface area contributed by atoms with Gasteiger partial charge in [0.15, 0.2) is 0 Å². The Balaban J connectivity index is 1.33. The highest BCUT2D eigenvalue weighted by Gasteiger charge is 2.38. The Labute approximate surface area is 191 Å². The maximum atomic E-state index is 13.3. The summed E-state index contributed by atoms with van der Waals surface area (Å²) in [5, 5.41) is 4.77. The Morgan fingerprint density at radius 2 is 1.81 bits per heavy atom. The molecule has 160 valence electrons. The zero-order valence-electron chi connectivity index (χ0n) is 17.3. The molecule has 1 aliphatic heterocycles. The van der Waals surface area contributed by atoms with Gasteiger partial charge >= 0.3 is 0 Å². The predicted octanol–water partition coefficient (Wildman–Crippen LogP) is 4.75. The fourth-order valence-corrected chi connectivity index (χ4v) is 4.53. The number of benzene rings is 3. The normalized spacial score (nSPS) is 15.0. The Kier molecular flexibility index (Phi) is 5.41. The third-order valence-electron chi connectivity index (χ3n) is 5.94. The first-order chi connectivity index (χ1) is 15.6. The first-order valence-corrected chi connectivity index (χ1v) is 11.0. The van der Waals surface area contributed by atoms with Crippen LogP contribution in [0.15, 0.2) is 79.0 Å². The number of halogens is 1. The SMILES string of the molecule is O=C(NCCc1c[nH]c2ccc(Cl)cc12)[C@@H]1Cc2ccccc2N1C(=O)c1ccccc1. The third kappa shape index (κ3) is 3.76. The minimum Gasteiger partial charge on any atom is -0.361 e. The summed E-state index contributed by atoms with van der Waals surface area (Å²) in [6, 6.07) is 22.0. The molecule has 0 unspecified atom stereocenters. The lowest BCUT2D eigenvalue weighted by molar-refractivity contribution is -0.122. The highest BCUT2D eigenvalue weighted by atomic mass is 35.5. The molecule has 0 fully saturated rings. The van der Waals surface area contributed by atoms with Crippen LogP contribution in [0.3, 0.4) is 0 Å². The first-order valence-electron chi connectivity index (χ1n) is 10.6. The molecule has 0 bridgehead atoms. The molecule has 0 saturated carbocycles. The number of amides is 2. The molecule has 32 heavy (non-hydrogen) atoms. The minimum absolute atomic E-state index is 0.150. The highest BCUT2D eigenvalue weighted by molar-refractivity contribution is 6.31. The molecular weight excluding hydrogens is 422 g/mol. The van der Waals surface area contributed by atoms with E-state index < -0.39 is 6.04 Å². The van der Waals surface area contributed by atoms with Gasteiger partial charge in [0.05, 0.1) is 0 Å². The molecule has 0 spiro atoms. The van der Waals surface area contributed by atoms with E-state index in [-0.39, 0.29) is 11.8 Å². The number of nitrogens with one attached hydrogen (secondary N) is 2. The van der Waals surface area contributed by atoms with Gasteiger partial charge in [-0.3, -0.25) is 14.5 Å². The van der Waals surface area contributed by atoms with Crippen LogP contribution < -0.4 is 10.2 Å². The van der Waals surface area contributed by atoms with E-state index in [1.807, 2.05) is 66.9 Å². The maximum Gasteiger partial charge on any atom is 0.259 e. The van der Waals surface area contributed by atoms with Crippen molar-refractivity contribution in [3.8, 4) is 0 Å². The van der Waals surface area contributed by atoms with Crippen LogP contribution in [0.2, 0.25) is 5.02 Å². The molecule has 3 aromatic carbocycles. The Hall–Kier alpha value is -3.57. The van der Waals surface area contributed by atoms with Gasteiger partial charge < -0.3 is 10.3 Å². The number of fused-ring (bicyclic) bond motifs is 2. The minimum atomic E-state index is -0.572. The first kappa shape index (κ1) is 20.3. The average molecular weight is 444 g/mol. The molecule has 2 heterocycles. The van der Waals surface area contributed by atoms with Crippen molar-refractivity contribution in [1.29, 1.82) is 0 Å². The summed E-state index contributed by atoms with van der Waals surface area (Å²) in [6.07, 6.45) is 3.12. The molecule has 1 aromatic heterocycles. The van der Waals surface area contributed by atoms with Crippen molar-refractivity contribution < 1.29 is 9.59 Å². The number of carbonyl (C=O) groups is 2. The van der Waals surface area contributed by atoms with E-state index in [9.17, 15) is 9.59 Å². The van der Waals surface area contributed by atoms with Gasteiger partial charge in [-0.1, -0.05) is 48.0 Å². The van der Waals surface area contributed by atoms with Gasteiger partial charge in [0.2, 0.25) is 5.91 Å². The fourth-order valence-electron chi connectivity index (χ4n) is 4.36. The second-order valence-corrected chi connectivity index (χ2v) is 8.37. The van der Waals surface area contributed by atoms with Gasteiger partial charge in [0.25, 0.3) is 5.91 Å². The number of nitrogens with zero attached hydrogens (tertiary/aromatic N) is 1. The second-order valence-electron chi connectivity index (χ2n) is 7.93. The zero-order chi connectivity index (χ0) is 22.1. The molecule has 5 rings (SSSR count). The number of anilines is 1. The molecule has 0 aliphatic carbocycles. The smallest absolute Gasteiger partial charge is 0.259 e. The van der Waals surface area contributed by atoms with Gasteiger partial charge in [0.1, 0.15) is 6.04 Å². The average Bonchev–Trinajstić information content (AvgIpc) is 3.40. The van der Waals surface area contributed by atoms with Gasteiger partial charge in [-0.15, -0.1) is 0 Å². The monoisotopic (exact) mass is 443 g/mol. The fraction of sp³-hybridized carbons (Fsp3) is 0.154. The van der Waals surface area contributed by atoms with Crippen LogP contribution in [-0.4, -0.2) is 29.4 Å². The summed E-state index contributed by atoms with van der Waals surface area (Å²) in [7, 11) is 0. The van der Waals surface area contributed by atoms with Crippen LogP contribution in [0, 0.1) is 0 Å². The van der Waals surface area contributed by atoms with Crippen LogP contribution in [0.1, 0.15) is 21.5 Å². The van der Waals surface area contributed by atoms with Gasteiger partial charge in [-0.25, -0.2) is 0 Å². The van der Waals surface area contributed by atoms with Gasteiger partial charge in [0, 0.05) is 46.3 Å². The van der Waals surface area contributed by atoms with Crippen LogP contribution in [-0.2, 0) is 17.6 Å². The Bertz CT molecular complexity index is 1300. The lowest BCUT2D eigenvalue weighted by Gasteiger charge is -2.25. The van der Waals surface area contributed by atoms with Crippen LogP contribution in [0.25, 0.3) is 10.9 Å². The molecule has 5 nitrogen and oxygen atoms in total. The molecule has 0 saturated heterocycles. The summed E-state index contributed by atoms with van der Waals surface area (Å²) in [4.78, 5) is 31.3. The number of rotatable bonds is 5. The molecule has 2 N–H and O–H groups in total. The summed E-state index contributed by atoms with van der Waals surface area (Å²) in [6.45, 7) is 0.471. The van der Waals surface area contributed by atoms with Crippen molar-refractivity contribution in [2.24, 2.45) is 0 Å². The predicted molar refractivity (Wildman–Crippen MR) is 127 cm³/mol. The van der Waals surface area contributed by atoms with Crippen molar-refractivity contribution in [3.63, 3.8) is 0 Å². The quantitative estimate of drug-likeness (QED) is 0.467. The van der Waals surface area contributed by atoms with Crippen LogP contribution in [0.5, 0.6) is 0 Å². The molecular formula is C26H22ClN3O2. The molecule has 1 aliphatic rings. The summed E-state index contributed by atoms with van der Waals surface area (Å²) in [5.41, 5.74) is 4.48. The maximum absolute atomic E-state index is 13.3. The van der Waals surface area contributed by atoms with Gasteiger partial charge in [-0.05, 0) is 53.9 Å². The number of hydrogen-bond donors (Lipinski definition) is 2. The second kappa shape index (κ2) is 8.52. The number of para-hydroxylation sites is 1. The third-order valence-corrected chi connectivity index (χ3v) is 6.18. The topological polar surface area (TPSA) is 65.2 Å². The van der Waals surface area contributed by atoms with E-state index >= 15 is 0 Å². The molecule has 1 atom stereocenters. The van der Waals surface area contributed by atoms with Crippen molar-refractivity contribution in [1.82, 2.24) is 10.3 Å². The van der Waals surface area contributed by atoms with Gasteiger partial charge in [-0.2, -0.15) is 0 Å². The Morgan fingerprint density at radius 1 is 1.03 bits per heavy atom. The van der Waals surface area contributed by atoms with Crippen molar-refractivity contribution in [2.75, 3.05) is 11.4 Å². The standard InChI is InChI=1S/C26H22ClN3O2/c27-20-10-11-22-21(15-20)19(16-29-22)12-13-28-25(31)24-14-18-8-4-5-9-23(18)30(24)26(32)17-6-2-1-3-7-17/h1-11,15-16,24,29H,12-14H2,(H,28,31)/t24-/m0/s1. The van der Waals surface area contributed by atoms with E-state index in [0.29, 0.717) is 30.0 Å². The summed E-state index contributed by atoms with van der Waals surface area (Å²) in [5.74, 6) is -0.315. The lowest BCUT2D eigenvalue weighted by atomic mass is 10.1. The van der Waals surface area contributed by atoms with E-state index in [1.165, 1.54) is 0 Å². The van der Waals surface area contributed by atoms with E-state index in [1.54, 1.807) is 17.0 Å². The van der Waals surface area contributed by atoms with Crippen LogP contribution in [0.4, 0.5) is 5.69 Å². The number of aromatic amines is 1. The number of aromatic nitrogens is 1. The van der Waals surface area contributed by atoms with Crippen molar-refractivity contribution in [2.45, 2.75) is 18.9 Å². The summed E-state index contributed by atoms with van der Waals surface area (Å²) < 4.78 is 0. The van der Waals surface area contributed by atoms with E-state index in [0.717, 1.165) is 27.7 Å². The molecule has 4 aromatic rings. The highest BCUT2D eigenvalue weighted by Crippen LogP contribution is 2.33.